The Bertz CT molecular complexity index is 586. The lowest BCUT2D eigenvalue weighted by Crippen LogP contribution is -2.51. The maximum atomic E-state index is 12.3. The minimum Gasteiger partial charge on any atom is -0.481 e. The van der Waals surface area contributed by atoms with Crippen LogP contribution in [0, 0.1) is 0 Å². The van der Waals surface area contributed by atoms with Crippen molar-refractivity contribution < 1.29 is 29.0 Å². The Morgan fingerprint density at radius 3 is 2.52 bits per heavy atom. The van der Waals surface area contributed by atoms with Gasteiger partial charge in [-0.3, -0.25) is 4.79 Å². The van der Waals surface area contributed by atoms with E-state index < -0.39 is 24.0 Å². The molecule has 2 N–H and O–H groups in total. The molecule has 1 atom stereocenters. The SMILES string of the molecule is O=C(O)CC[C@H](NC(=O)N1CCOCC1)C(=O)OCc1ccccc1. The number of carboxylic acids is 1. The van der Waals surface area contributed by atoms with Crippen molar-refractivity contribution in [2.24, 2.45) is 0 Å². The summed E-state index contributed by atoms with van der Waals surface area (Å²) in [5.74, 6) is -1.69. The zero-order chi connectivity index (χ0) is 18.1. The fourth-order valence-electron chi connectivity index (χ4n) is 2.35. The van der Waals surface area contributed by atoms with Crippen LogP contribution in [0.3, 0.4) is 0 Å². The summed E-state index contributed by atoms with van der Waals surface area (Å²) in [4.78, 5) is 36.8. The van der Waals surface area contributed by atoms with E-state index in [4.69, 9.17) is 14.6 Å². The lowest BCUT2D eigenvalue weighted by atomic mass is 10.1. The van der Waals surface area contributed by atoms with Gasteiger partial charge >= 0.3 is 18.0 Å². The molecule has 2 amide bonds. The second-order valence-electron chi connectivity index (χ2n) is 5.63. The molecular formula is C17H22N2O6. The first kappa shape index (κ1) is 18.7. The van der Waals surface area contributed by atoms with E-state index >= 15 is 0 Å². The number of carbonyl (C=O) groups is 3. The molecule has 1 fully saturated rings. The van der Waals surface area contributed by atoms with Gasteiger partial charge in [0.15, 0.2) is 0 Å². The number of rotatable bonds is 7. The predicted octanol–water partition coefficient (Wildman–Crippen LogP) is 1.01. The van der Waals surface area contributed by atoms with E-state index in [1.807, 2.05) is 30.3 Å². The molecule has 1 aromatic rings. The number of nitrogens with zero attached hydrogens (tertiary/aromatic N) is 1. The Hall–Kier alpha value is -2.61. The van der Waals surface area contributed by atoms with E-state index in [1.54, 1.807) is 0 Å². The number of hydrogen-bond donors (Lipinski definition) is 2. The number of urea groups is 1. The van der Waals surface area contributed by atoms with E-state index in [1.165, 1.54) is 4.90 Å². The van der Waals surface area contributed by atoms with Gasteiger partial charge in [-0.25, -0.2) is 9.59 Å². The van der Waals surface area contributed by atoms with Crippen molar-refractivity contribution in [3.8, 4) is 0 Å². The highest BCUT2D eigenvalue weighted by Crippen LogP contribution is 2.07. The fourth-order valence-corrected chi connectivity index (χ4v) is 2.35. The van der Waals surface area contributed by atoms with Crippen LogP contribution in [0.5, 0.6) is 0 Å². The molecule has 0 bridgehead atoms. The van der Waals surface area contributed by atoms with Gasteiger partial charge in [0.05, 0.1) is 13.2 Å². The fraction of sp³-hybridized carbons (Fsp3) is 0.471. The summed E-state index contributed by atoms with van der Waals surface area (Å²) in [6.07, 6.45) is -0.270. The molecule has 0 saturated carbocycles. The van der Waals surface area contributed by atoms with Gasteiger partial charge in [-0.15, -0.1) is 0 Å². The minimum atomic E-state index is -1.04. The molecule has 1 aromatic carbocycles. The molecule has 1 heterocycles. The van der Waals surface area contributed by atoms with Crippen LogP contribution >= 0.6 is 0 Å². The van der Waals surface area contributed by atoms with Gasteiger partial charge in [-0.2, -0.15) is 0 Å². The second kappa shape index (κ2) is 9.63. The first-order valence-electron chi connectivity index (χ1n) is 8.12. The summed E-state index contributed by atoms with van der Waals surface area (Å²) < 4.78 is 10.4. The van der Waals surface area contributed by atoms with Gasteiger partial charge in [-0.05, 0) is 12.0 Å². The number of ether oxygens (including phenoxy) is 2. The Morgan fingerprint density at radius 2 is 1.88 bits per heavy atom. The van der Waals surface area contributed by atoms with Crippen LogP contribution in [0.15, 0.2) is 30.3 Å². The Balaban J connectivity index is 1.92. The van der Waals surface area contributed by atoms with Crippen LogP contribution in [0.2, 0.25) is 0 Å². The number of nitrogens with one attached hydrogen (secondary N) is 1. The average molecular weight is 350 g/mol. The van der Waals surface area contributed by atoms with Crippen LogP contribution in [0.4, 0.5) is 4.79 Å². The molecule has 1 aliphatic heterocycles. The van der Waals surface area contributed by atoms with Crippen LogP contribution < -0.4 is 5.32 Å². The van der Waals surface area contributed by atoms with Gasteiger partial charge in [0.25, 0.3) is 0 Å². The van der Waals surface area contributed by atoms with Crippen LogP contribution in [-0.2, 0) is 25.7 Å². The number of hydrogen-bond acceptors (Lipinski definition) is 5. The number of benzene rings is 1. The summed E-state index contributed by atoms with van der Waals surface area (Å²) >= 11 is 0. The third-order valence-electron chi connectivity index (χ3n) is 3.75. The van der Waals surface area contributed by atoms with E-state index in [0.717, 1.165) is 5.56 Å². The first-order valence-corrected chi connectivity index (χ1v) is 8.12. The summed E-state index contributed by atoms with van der Waals surface area (Å²) in [5, 5.41) is 11.4. The maximum Gasteiger partial charge on any atom is 0.329 e. The molecule has 0 spiro atoms. The molecule has 25 heavy (non-hydrogen) atoms. The first-order chi connectivity index (χ1) is 12.1. The van der Waals surface area contributed by atoms with Crippen molar-refractivity contribution in [1.29, 1.82) is 0 Å². The van der Waals surface area contributed by atoms with Gasteiger partial charge in [-0.1, -0.05) is 30.3 Å². The van der Waals surface area contributed by atoms with Crippen molar-refractivity contribution in [2.45, 2.75) is 25.5 Å². The number of esters is 1. The Morgan fingerprint density at radius 1 is 1.20 bits per heavy atom. The minimum absolute atomic E-state index is 0.0287. The Labute approximate surface area is 145 Å². The molecular weight excluding hydrogens is 328 g/mol. The molecule has 0 aliphatic carbocycles. The molecule has 0 aromatic heterocycles. The molecule has 1 saturated heterocycles. The lowest BCUT2D eigenvalue weighted by Gasteiger charge is -2.28. The molecule has 1 aliphatic rings. The number of amides is 2. The van der Waals surface area contributed by atoms with Crippen molar-refractivity contribution in [1.82, 2.24) is 10.2 Å². The maximum absolute atomic E-state index is 12.3. The van der Waals surface area contributed by atoms with E-state index in [-0.39, 0.29) is 19.4 Å². The number of morpholine rings is 1. The molecule has 8 nitrogen and oxygen atoms in total. The molecule has 2 rings (SSSR count). The standard InChI is InChI=1S/C17H22N2O6/c20-15(21)7-6-14(18-17(23)19-8-10-24-11-9-19)16(22)25-12-13-4-2-1-3-5-13/h1-5,14H,6-12H2,(H,18,23)(H,20,21)/t14-/m0/s1. The van der Waals surface area contributed by atoms with E-state index in [0.29, 0.717) is 26.3 Å². The monoisotopic (exact) mass is 350 g/mol. The normalized spacial score (nSPS) is 15.3. The van der Waals surface area contributed by atoms with Gasteiger partial charge in [0.2, 0.25) is 0 Å². The summed E-state index contributed by atoms with van der Waals surface area (Å²) in [5.41, 5.74) is 0.812. The van der Waals surface area contributed by atoms with Crippen molar-refractivity contribution in [3.05, 3.63) is 35.9 Å². The quantitative estimate of drug-likeness (QED) is 0.711. The summed E-state index contributed by atoms with van der Waals surface area (Å²) in [6.45, 7) is 1.79. The van der Waals surface area contributed by atoms with Crippen LogP contribution in [0.25, 0.3) is 0 Å². The largest absolute Gasteiger partial charge is 0.481 e. The smallest absolute Gasteiger partial charge is 0.329 e. The predicted molar refractivity (Wildman–Crippen MR) is 87.8 cm³/mol. The average Bonchev–Trinajstić information content (AvgIpc) is 2.64. The van der Waals surface area contributed by atoms with Crippen LogP contribution in [-0.4, -0.2) is 60.3 Å². The second-order valence-corrected chi connectivity index (χ2v) is 5.63. The highest BCUT2D eigenvalue weighted by molar-refractivity contribution is 5.84. The third kappa shape index (κ3) is 6.42. The molecule has 8 heteroatoms. The summed E-state index contributed by atoms with van der Waals surface area (Å²) in [7, 11) is 0. The highest BCUT2D eigenvalue weighted by atomic mass is 16.5. The zero-order valence-corrected chi connectivity index (χ0v) is 13.8. The molecule has 0 radical (unpaired) electrons. The number of carboxylic acid groups (broad SMARTS) is 1. The van der Waals surface area contributed by atoms with Crippen molar-refractivity contribution in [3.63, 3.8) is 0 Å². The van der Waals surface area contributed by atoms with E-state index in [9.17, 15) is 14.4 Å². The highest BCUT2D eigenvalue weighted by Gasteiger charge is 2.26. The number of carbonyl (C=O) groups excluding carboxylic acids is 2. The van der Waals surface area contributed by atoms with E-state index in [2.05, 4.69) is 5.32 Å². The third-order valence-corrected chi connectivity index (χ3v) is 3.75. The zero-order valence-electron chi connectivity index (χ0n) is 13.8. The molecule has 136 valence electrons. The summed E-state index contributed by atoms with van der Waals surface area (Å²) in [6, 6.07) is 7.70. The van der Waals surface area contributed by atoms with Gasteiger partial charge in [0, 0.05) is 19.5 Å². The van der Waals surface area contributed by atoms with Crippen molar-refractivity contribution >= 4 is 18.0 Å². The van der Waals surface area contributed by atoms with Crippen molar-refractivity contribution in [2.75, 3.05) is 26.3 Å². The number of aliphatic carboxylic acids is 1. The Kier molecular flexibility index (Phi) is 7.21. The lowest BCUT2D eigenvalue weighted by molar-refractivity contribution is -0.147. The van der Waals surface area contributed by atoms with Crippen LogP contribution in [0.1, 0.15) is 18.4 Å². The topological polar surface area (TPSA) is 105 Å². The molecule has 0 unspecified atom stereocenters. The van der Waals surface area contributed by atoms with Gasteiger partial charge in [0.1, 0.15) is 12.6 Å². The van der Waals surface area contributed by atoms with Gasteiger partial charge < -0.3 is 24.8 Å².